The Morgan fingerprint density at radius 3 is 3.07 bits per heavy atom. The zero-order valence-electron chi connectivity index (χ0n) is 7.64. The van der Waals surface area contributed by atoms with Crippen molar-refractivity contribution in [2.45, 2.75) is 12.3 Å². The average Bonchev–Trinajstić information content (AvgIpc) is 2.18. The van der Waals surface area contributed by atoms with Crippen molar-refractivity contribution >= 4 is 11.6 Å². The third-order valence-corrected chi connectivity index (χ3v) is 2.23. The molecule has 0 amide bonds. The topological polar surface area (TPSA) is 78.1 Å². The van der Waals surface area contributed by atoms with E-state index in [0.29, 0.717) is 31.1 Å². The first-order chi connectivity index (χ1) is 6.77. The van der Waals surface area contributed by atoms with Crippen molar-refractivity contribution < 1.29 is 9.53 Å². The van der Waals surface area contributed by atoms with Gasteiger partial charge in [-0.05, 0) is 0 Å². The molecule has 2 heterocycles. The fourth-order valence-corrected chi connectivity index (χ4v) is 1.47. The van der Waals surface area contributed by atoms with E-state index in [1.165, 1.54) is 6.33 Å². The maximum absolute atomic E-state index is 11.5. The molecule has 74 valence electrons. The van der Waals surface area contributed by atoms with Gasteiger partial charge in [-0.3, -0.25) is 4.79 Å². The molecule has 2 N–H and O–H groups in total. The summed E-state index contributed by atoms with van der Waals surface area (Å²) in [6.07, 6.45) is 1.82. The van der Waals surface area contributed by atoms with Crippen LogP contribution in [0.5, 0.6) is 0 Å². The van der Waals surface area contributed by atoms with Crippen LogP contribution in [0.15, 0.2) is 12.4 Å². The monoisotopic (exact) mass is 193 g/mol. The lowest BCUT2D eigenvalue weighted by molar-refractivity contribution is -0.126. The first-order valence-corrected chi connectivity index (χ1v) is 4.45. The SMILES string of the molecule is Nc1cc(C2COCCC2=O)ncn1. The highest BCUT2D eigenvalue weighted by Gasteiger charge is 2.25. The van der Waals surface area contributed by atoms with Crippen molar-refractivity contribution in [2.75, 3.05) is 18.9 Å². The molecule has 1 fully saturated rings. The van der Waals surface area contributed by atoms with E-state index in [0.717, 1.165) is 0 Å². The number of hydrogen-bond acceptors (Lipinski definition) is 5. The molecule has 0 aromatic carbocycles. The largest absolute Gasteiger partial charge is 0.384 e. The van der Waals surface area contributed by atoms with Gasteiger partial charge in [-0.15, -0.1) is 0 Å². The minimum absolute atomic E-state index is 0.161. The second kappa shape index (κ2) is 3.71. The summed E-state index contributed by atoms with van der Waals surface area (Å²) in [5.41, 5.74) is 6.16. The van der Waals surface area contributed by atoms with Crippen LogP contribution in [0.3, 0.4) is 0 Å². The van der Waals surface area contributed by atoms with Crippen molar-refractivity contribution in [1.82, 2.24) is 9.97 Å². The first-order valence-electron chi connectivity index (χ1n) is 4.45. The highest BCUT2D eigenvalue weighted by molar-refractivity contribution is 5.86. The summed E-state index contributed by atoms with van der Waals surface area (Å²) in [6, 6.07) is 1.62. The van der Waals surface area contributed by atoms with Crippen LogP contribution in [0.2, 0.25) is 0 Å². The van der Waals surface area contributed by atoms with Crippen molar-refractivity contribution in [2.24, 2.45) is 0 Å². The molecule has 14 heavy (non-hydrogen) atoms. The van der Waals surface area contributed by atoms with Gasteiger partial charge in [0.1, 0.15) is 17.9 Å². The molecule has 0 radical (unpaired) electrons. The molecule has 0 saturated carbocycles. The predicted molar refractivity (Wildman–Crippen MR) is 49.6 cm³/mol. The summed E-state index contributed by atoms with van der Waals surface area (Å²) in [5, 5.41) is 0. The zero-order chi connectivity index (χ0) is 9.97. The first kappa shape index (κ1) is 9.08. The number of aromatic nitrogens is 2. The van der Waals surface area contributed by atoms with Crippen LogP contribution in [0.1, 0.15) is 18.0 Å². The predicted octanol–water partition coefficient (Wildman–Crippen LogP) is 0.132. The second-order valence-corrected chi connectivity index (χ2v) is 3.21. The third-order valence-electron chi connectivity index (χ3n) is 2.23. The number of Topliss-reactive ketones (excluding diaryl/α,β-unsaturated/α-hetero) is 1. The highest BCUT2D eigenvalue weighted by Crippen LogP contribution is 2.20. The Labute approximate surface area is 81.3 Å². The summed E-state index contributed by atoms with van der Waals surface area (Å²) >= 11 is 0. The van der Waals surface area contributed by atoms with Crippen LogP contribution >= 0.6 is 0 Å². The van der Waals surface area contributed by atoms with Gasteiger partial charge >= 0.3 is 0 Å². The van der Waals surface area contributed by atoms with E-state index in [1.54, 1.807) is 6.07 Å². The molecule has 0 aliphatic carbocycles. The lowest BCUT2D eigenvalue weighted by Crippen LogP contribution is -2.26. The van der Waals surface area contributed by atoms with Crippen LogP contribution < -0.4 is 5.73 Å². The fourth-order valence-electron chi connectivity index (χ4n) is 1.47. The molecule has 0 bridgehead atoms. The minimum atomic E-state index is -0.269. The van der Waals surface area contributed by atoms with E-state index in [1.807, 2.05) is 0 Å². The number of carbonyl (C=O) groups excluding carboxylic acids is 1. The van der Waals surface area contributed by atoms with E-state index >= 15 is 0 Å². The lowest BCUT2D eigenvalue weighted by Gasteiger charge is -2.20. The van der Waals surface area contributed by atoms with Gasteiger partial charge in [-0.25, -0.2) is 9.97 Å². The standard InChI is InChI=1S/C9H11N3O2/c10-9-3-7(11-5-12-9)6-4-14-2-1-8(6)13/h3,5-6H,1-2,4H2,(H2,10,11,12). The minimum Gasteiger partial charge on any atom is -0.384 e. The molecule has 5 heteroatoms. The summed E-state index contributed by atoms with van der Waals surface area (Å²) in [4.78, 5) is 19.3. The van der Waals surface area contributed by atoms with Crippen molar-refractivity contribution in [3.05, 3.63) is 18.1 Å². The van der Waals surface area contributed by atoms with Crippen LogP contribution in [-0.2, 0) is 9.53 Å². The van der Waals surface area contributed by atoms with Gasteiger partial charge in [0.15, 0.2) is 0 Å². The molecule has 0 spiro atoms. The van der Waals surface area contributed by atoms with Gasteiger partial charge in [0.05, 0.1) is 24.8 Å². The number of nitrogens with zero attached hydrogens (tertiary/aromatic N) is 2. The van der Waals surface area contributed by atoms with Crippen LogP contribution in [0.25, 0.3) is 0 Å². The maximum atomic E-state index is 11.5. The quantitative estimate of drug-likeness (QED) is 0.686. The molecule has 1 unspecified atom stereocenters. The molecule has 1 aliphatic heterocycles. The number of ketones is 1. The Morgan fingerprint density at radius 1 is 1.50 bits per heavy atom. The highest BCUT2D eigenvalue weighted by atomic mass is 16.5. The third kappa shape index (κ3) is 1.72. The number of nitrogen functional groups attached to an aromatic ring is 1. The molecule has 1 aromatic heterocycles. The van der Waals surface area contributed by atoms with Crippen molar-refractivity contribution in [3.63, 3.8) is 0 Å². The maximum Gasteiger partial charge on any atom is 0.146 e. The smallest absolute Gasteiger partial charge is 0.146 e. The number of rotatable bonds is 1. The molecule has 1 aliphatic rings. The van der Waals surface area contributed by atoms with Crippen LogP contribution in [0.4, 0.5) is 5.82 Å². The van der Waals surface area contributed by atoms with E-state index in [4.69, 9.17) is 10.5 Å². The van der Waals surface area contributed by atoms with Crippen LogP contribution in [-0.4, -0.2) is 29.0 Å². The Kier molecular flexibility index (Phi) is 2.41. The Hall–Kier alpha value is -1.49. The van der Waals surface area contributed by atoms with E-state index in [9.17, 15) is 4.79 Å². The number of ether oxygens (including phenoxy) is 1. The van der Waals surface area contributed by atoms with E-state index < -0.39 is 0 Å². The van der Waals surface area contributed by atoms with Gasteiger partial charge in [0.25, 0.3) is 0 Å². The molecule has 2 rings (SSSR count). The van der Waals surface area contributed by atoms with Gasteiger partial charge in [-0.2, -0.15) is 0 Å². The Balaban J connectivity index is 2.24. The van der Waals surface area contributed by atoms with Crippen LogP contribution in [0, 0.1) is 0 Å². The summed E-state index contributed by atoms with van der Waals surface area (Å²) in [6.45, 7) is 0.908. The number of carbonyl (C=O) groups is 1. The van der Waals surface area contributed by atoms with Crippen molar-refractivity contribution in [1.29, 1.82) is 0 Å². The van der Waals surface area contributed by atoms with E-state index in [2.05, 4.69) is 9.97 Å². The van der Waals surface area contributed by atoms with Gasteiger partial charge < -0.3 is 10.5 Å². The zero-order valence-corrected chi connectivity index (χ0v) is 7.64. The summed E-state index contributed by atoms with van der Waals surface area (Å²) < 4.78 is 5.22. The molecular weight excluding hydrogens is 182 g/mol. The molecule has 1 saturated heterocycles. The normalized spacial score (nSPS) is 22.3. The summed E-state index contributed by atoms with van der Waals surface area (Å²) in [7, 11) is 0. The Bertz CT molecular complexity index is 354. The van der Waals surface area contributed by atoms with E-state index in [-0.39, 0.29) is 11.7 Å². The number of nitrogens with two attached hydrogens (primary N) is 1. The molecule has 5 nitrogen and oxygen atoms in total. The van der Waals surface area contributed by atoms with Gasteiger partial charge in [-0.1, -0.05) is 0 Å². The second-order valence-electron chi connectivity index (χ2n) is 3.21. The fraction of sp³-hybridized carbons (Fsp3) is 0.444. The Morgan fingerprint density at radius 2 is 2.36 bits per heavy atom. The summed E-state index contributed by atoms with van der Waals surface area (Å²) in [5.74, 6) is 0.275. The van der Waals surface area contributed by atoms with Gasteiger partial charge in [0, 0.05) is 12.5 Å². The van der Waals surface area contributed by atoms with Gasteiger partial charge in [0.2, 0.25) is 0 Å². The molecule has 1 aromatic rings. The number of anilines is 1. The lowest BCUT2D eigenvalue weighted by atomic mass is 9.97. The number of hydrogen-bond donors (Lipinski definition) is 1. The molecular formula is C9H11N3O2. The van der Waals surface area contributed by atoms with Crippen molar-refractivity contribution in [3.8, 4) is 0 Å². The average molecular weight is 193 g/mol. The molecule has 1 atom stereocenters.